The predicted molar refractivity (Wildman–Crippen MR) is 106 cm³/mol. The molecule has 0 aliphatic carbocycles. The molecule has 0 radical (unpaired) electrons. The van der Waals surface area contributed by atoms with Crippen LogP contribution >= 0.6 is 11.6 Å². The topological polar surface area (TPSA) is 75.4 Å². The molecule has 1 aromatic heterocycles. The first-order valence-corrected chi connectivity index (χ1v) is 9.76. The molecule has 1 aromatic carbocycles. The van der Waals surface area contributed by atoms with Crippen LogP contribution in [0.5, 0.6) is 11.5 Å². The summed E-state index contributed by atoms with van der Waals surface area (Å²) in [5, 5.41) is 7.98. The lowest BCUT2D eigenvalue weighted by atomic mass is 10.2. The number of nitrogens with one attached hydrogen (secondary N) is 1. The average Bonchev–Trinajstić information content (AvgIpc) is 3.23. The normalized spacial score (nSPS) is 17.6. The van der Waals surface area contributed by atoms with E-state index in [-0.39, 0.29) is 0 Å². The van der Waals surface area contributed by atoms with E-state index in [1.165, 1.54) is 0 Å². The second-order valence-corrected chi connectivity index (χ2v) is 7.16. The minimum Gasteiger partial charge on any atom is -0.486 e. The molecular weight excluding hydrogens is 382 g/mol. The molecule has 28 heavy (non-hydrogen) atoms. The summed E-state index contributed by atoms with van der Waals surface area (Å²) in [4.78, 5) is 9.06. The minimum atomic E-state index is 0.527. The Hall–Kier alpha value is -2.45. The van der Waals surface area contributed by atoms with Gasteiger partial charge in [0.2, 0.25) is 0 Å². The lowest BCUT2D eigenvalue weighted by molar-refractivity contribution is 0.169. The Morgan fingerprint density at radius 2 is 2.04 bits per heavy atom. The van der Waals surface area contributed by atoms with Crippen molar-refractivity contribution in [2.24, 2.45) is 4.99 Å². The molecule has 0 atom stereocenters. The molecule has 4 rings (SSSR count). The third kappa shape index (κ3) is 4.34. The SMILES string of the molecule is CN=C(NCc1cc(Cl)c2c(c1)OCCO2)N1CCN(Cc2ccon2)CC1. The number of guanidine groups is 1. The molecule has 1 fully saturated rings. The van der Waals surface area contributed by atoms with Crippen LogP contribution < -0.4 is 14.8 Å². The van der Waals surface area contributed by atoms with Crippen LogP contribution in [0.4, 0.5) is 0 Å². The second-order valence-electron chi connectivity index (χ2n) is 6.76. The molecule has 1 N–H and O–H groups in total. The predicted octanol–water partition coefficient (Wildman–Crippen LogP) is 1.99. The average molecular weight is 406 g/mol. The first-order valence-electron chi connectivity index (χ1n) is 9.38. The van der Waals surface area contributed by atoms with E-state index in [4.69, 9.17) is 25.6 Å². The highest BCUT2D eigenvalue weighted by molar-refractivity contribution is 6.32. The number of ether oxygens (including phenoxy) is 2. The summed E-state index contributed by atoms with van der Waals surface area (Å²) in [6.07, 6.45) is 1.61. The van der Waals surface area contributed by atoms with Gasteiger partial charge in [-0.3, -0.25) is 9.89 Å². The highest BCUT2D eigenvalue weighted by Gasteiger charge is 2.21. The zero-order valence-corrected chi connectivity index (χ0v) is 16.6. The van der Waals surface area contributed by atoms with E-state index < -0.39 is 0 Å². The van der Waals surface area contributed by atoms with Crippen molar-refractivity contribution in [3.63, 3.8) is 0 Å². The van der Waals surface area contributed by atoms with E-state index in [1.54, 1.807) is 13.3 Å². The van der Waals surface area contributed by atoms with E-state index in [0.29, 0.717) is 36.3 Å². The minimum absolute atomic E-state index is 0.527. The number of aliphatic imine (C=N–C) groups is 1. The van der Waals surface area contributed by atoms with Gasteiger partial charge >= 0.3 is 0 Å². The van der Waals surface area contributed by atoms with Gasteiger partial charge in [-0.2, -0.15) is 0 Å². The number of halogens is 1. The Bertz CT molecular complexity index is 819. The maximum absolute atomic E-state index is 6.33. The summed E-state index contributed by atoms with van der Waals surface area (Å²) in [5.41, 5.74) is 1.99. The van der Waals surface area contributed by atoms with Crippen molar-refractivity contribution in [3.05, 3.63) is 40.7 Å². The van der Waals surface area contributed by atoms with Gasteiger partial charge in [-0.15, -0.1) is 0 Å². The molecule has 1 saturated heterocycles. The van der Waals surface area contributed by atoms with E-state index in [0.717, 1.165) is 49.9 Å². The Morgan fingerprint density at radius 3 is 2.79 bits per heavy atom. The van der Waals surface area contributed by atoms with Gasteiger partial charge in [0.05, 0.1) is 10.7 Å². The smallest absolute Gasteiger partial charge is 0.194 e. The maximum Gasteiger partial charge on any atom is 0.194 e. The summed E-state index contributed by atoms with van der Waals surface area (Å²) in [6, 6.07) is 5.78. The fraction of sp³-hybridized carbons (Fsp3) is 0.474. The monoisotopic (exact) mass is 405 g/mol. The lowest BCUT2D eigenvalue weighted by Gasteiger charge is -2.36. The zero-order chi connectivity index (χ0) is 19.3. The van der Waals surface area contributed by atoms with Crippen LogP contribution in [0, 0.1) is 0 Å². The van der Waals surface area contributed by atoms with Gasteiger partial charge in [-0.1, -0.05) is 16.8 Å². The number of fused-ring (bicyclic) bond motifs is 1. The lowest BCUT2D eigenvalue weighted by Crippen LogP contribution is -2.52. The quantitative estimate of drug-likeness (QED) is 0.615. The molecule has 8 nitrogen and oxygen atoms in total. The van der Waals surface area contributed by atoms with Crippen molar-refractivity contribution >= 4 is 17.6 Å². The van der Waals surface area contributed by atoms with Crippen LogP contribution in [0.15, 0.2) is 34.0 Å². The van der Waals surface area contributed by atoms with Crippen molar-refractivity contribution in [1.29, 1.82) is 0 Å². The van der Waals surface area contributed by atoms with Crippen LogP contribution in [-0.4, -0.2) is 67.4 Å². The van der Waals surface area contributed by atoms with E-state index in [9.17, 15) is 0 Å². The highest BCUT2D eigenvalue weighted by Crippen LogP contribution is 2.38. The number of hydrogen-bond donors (Lipinski definition) is 1. The fourth-order valence-corrected chi connectivity index (χ4v) is 3.73. The van der Waals surface area contributed by atoms with Gasteiger partial charge in [0.1, 0.15) is 19.5 Å². The molecule has 0 saturated carbocycles. The van der Waals surface area contributed by atoms with Crippen molar-refractivity contribution in [2.45, 2.75) is 13.1 Å². The molecule has 0 bridgehead atoms. The molecule has 2 aliphatic rings. The number of nitrogens with zero attached hydrogens (tertiary/aromatic N) is 4. The number of aromatic nitrogens is 1. The van der Waals surface area contributed by atoms with Crippen LogP contribution in [0.1, 0.15) is 11.3 Å². The molecule has 0 unspecified atom stereocenters. The summed E-state index contributed by atoms with van der Waals surface area (Å²) in [7, 11) is 1.81. The van der Waals surface area contributed by atoms with Crippen LogP contribution in [0.3, 0.4) is 0 Å². The Balaban J connectivity index is 1.31. The molecule has 3 heterocycles. The van der Waals surface area contributed by atoms with Crippen LogP contribution in [0.2, 0.25) is 5.02 Å². The molecule has 9 heteroatoms. The fourth-order valence-electron chi connectivity index (χ4n) is 3.45. The maximum atomic E-state index is 6.33. The van der Waals surface area contributed by atoms with Crippen molar-refractivity contribution in [2.75, 3.05) is 46.4 Å². The molecule has 2 aliphatic heterocycles. The highest BCUT2D eigenvalue weighted by atomic mass is 35.5. The van der Waals surface area contributed by atoms with Gasteiger partial charge < -0.3 is 24.2 Å². The van der Waals surface area contributed by atoms with Gasteiger partial charge in [-0.05, 0) is 17.7 Å². The first kappa shape index (κ1) is 18.9. The standard InChI is InChI=1S/C19H24ClN5O3/c1-21-19(25-5-3-24(4-6-25)13-15-2-7-28-23-15)22-12-14-10-16(20)18-17(11-14)26-8-9-27-18/h2,7,10-11H,3-6,8-9,12-13H2,1H3,(H,21,22). The van der Waals surface area contributed by atoms with Gasteiger partial charge in [0.25, 0.3) is 0 Å². The van der Waals surface area contributed by atoms with Crippen LogP contribution in [-0.2, 0) is 13.1 Å². The van der Waals surface area contributed by atoms with Crippen molar-refractivity contribution in [1.82, 2.24) is 20.3 Å². The van der Waals surface area contributed by atoms with E-state index in [2.05, 4.69) is 25.3 Å². The van der Waals surface area contributed by atoms with Crippen molar-refractivity contribution < 1.29 is 14.0 Å². The second kappa shape index (κ2) is 8.70. The molecule has 2 aromatic rings. The van der Waals surface area contributed by atoms with Crippen molar-refractivity contribution in [3.8, 4) is 11.5 Å². The van der Waals surface area contributed by atoms with Gasteiger partial charge in [-0.25, -0.2) is 0 Å². The summed E-state index contributed by atoms with van der Waals surface area (Å²) in [5.74, 6) is 2.21. The zero-order valence-electron chi connectivity index (χ0n) is 15.9. The van der Waals surface area contributed by atoms with E-state index in [1.807, 2.05) is 18.2 Å². The Labute approximate surface area is 169 Å². The number of piperazine rings is 1. The van der Waals surface area contributed by atoms with Crippen LogP contribution in [0.25, 0.3) is 0 Å². The number of benzene rings is 1. The van der Waals surface area contributed by atoms with E-state index >= 15 is 0 Å². The third-order valence-corrected chi connectivity index (χ3v) is 5.15. The summed E-state index contributed by atoms with van der Waals surface area (Å²) >= 11 is 6.33. The molecular formula is C19H24ClN5O3. The van der Waals surface area contributed by atoms with Gasteiger partial charge in [0.15, 0.2) is 17.5 Å². The Morgan fingerprint density at radius 1 is 1.21 bits per heavy atom. The largest absolute Gasteiger partial charge is 0.486 e. The molecule has 150 valence electrons. The summed E-state index contributed by atoms with van der Waals surface area (Å²) in [6.45, 7) is 6.19. The summed E-state index contributed by atoms with van der Waals surface area (Å²) < 4.78 is 16.1. The number of rotatable bonds is 4. The third-order valence-electron chi connectivity index (χ3n) is 4.87. The van der Waals surface area contributed by atoms with Gasteiger partial charge in [0, 0.05) is 52.4 Å². The number of hydrogen-bond acceptors (Lipinski definition) is 6. The molecule has 0 spiro atoms. The molecule has 0 amide bonds. The Kier molecular flexibility index (Phi) is 5.87. The first-order chi connectivity index (χ1) is 13.7.